The molecule has 1 aromatic carbocycles. The molecule has 2 aromatic rings. The van der Waals surface area contributed by atoms with Gasteiger partial charge in [0.2, 0.25) is 0 Å². The summed E-state index contributed by atoms with van der Waals surface area (Å²) in [7, 11) is 0. The molecule has 0 aliphatic heterocycles. The number of hydrogen-bond acceptors (Lipinski definition) is 3. The van der Waals surface area contributed by atoms with Crippen LogP contribution in [0.1, 0.15) is 21.7 Å². The van der Waals surface area contributed by atoms with Gasteiger partial charge < -0.3 is 10.4 Å². The smallest absolute Gasteiger partial charge is 0.274 e. The maximum atomic E-state index is 12.1. The van der Waals surface area contributed by atoms with Crippen molar-refractivity contribution in [1.82, 2.24) is 4.98 Å². The quantitative estimate of drug-likeness (QED) is 0.838. The van der Waals surface area contributed by atoms with Crippen molar-refractivity contribution in [3.8, 4) is 11.8 Å². The number of hydrogen-bond donors (Lipinski definition) is 2. The molecule has 5 heteroatoms. The minimum atomic E-state index is -0.340. The number of nitrogens with zero attached hydrogens (tertiary/aromatic N) is 1. The van der Waals surface area contributed by atoms with Crippen LogP contribution in [-0.4, -0.2) is 22.6 Å². The summed E-state index contributed by atoms with van der Waals surface area (Å²) in [6.07, 6.45) is 0. The van der Waals surface area contributed by atoms with Crippen molar-refractivity contribution in [1.29, 1.82) is 0 Å². The number of aromatic nitrogens is 1. The molecule has 21 heavy (non-hydrogen) atoms. The molecule has 0 fully saturated rings. The van der Waals surface area contributed by atoms with Gasteiger partial charge in [0.1, 0.15) is 12.3 Å². The molecule has 106 valence electrons. The monoisotopic (exact) mass is 300 g/mol. The number of aliphatic hydroxyl groups excluding tert-OH is 1. The summed E-state index contributed by atoms with van der Waals surface area (Å²) in [6, 6.07) is 10.2. The van der Waals surface area contributed by atoms with E-state index in [2.05, 4.69) is 22.1 Å². The van der Waals surface area contributed by atoms with Gasteiger partial charge in [-0.05, 0) is 37.3 Å². The predicted molar refractivity (Wildman–Crippen MR) is 82.3 cm³/mol. The Hall–Kier alpha value is -2.35. The number of anilines is 1. The number of halogens is 1. The standard InChI is InChI=1S/C16H13ClN2O2/c1-11-4-2-6-14(18-11)16(21)19-15-10-12(5-3-9-20)7-8-13(15)17/h2,4,6-8,10,20H,9H2,1H3,(H,19,21). The lowest BCUT2D eigenvalue weighted by Gasteiger charge is -2.07. The minimum absolute atomic E-state index is 0.225. The molecule has 1 aromatic heterocycles. The van der Waals surface area contributed by atoms with Gasteiger partial charge in [0.05, 0.1) is 10.7 Å². The highest BCUT2D eigenvalue weighted by molar-refractivity contribution is 6.34. The maximum Gasteiger partial charge on any atom is 0.274 e. The average Bonchev–Trinajstić information content (AvgIpc) is 2.48. The lowest BCUT2D eigenvalue weighted by Crippen LogP contribution is -2.14. The van der Waals surface area contributed by atoms with Gasteiger partial charge in [0.15, 0.2) is 0 Å². The number of rotatable bonds is 2. The predicted octanol–water partition coefficient (Wildman–Crippen LogP) is 2.64. The van der Waals surface area contributed by atoms with Crippen molar-refractivity contribution >= 4 is 23.2 Å². The van der Waals surface area contributed by atoms with Gasteiger partial charge in [-0.3, -0.25) is 4.79 Å². The van der Waals surface area contributed by atoms with E-state index in [1.807, 2.05) is 13.0 Å². The van der Waals surface area contributed by atoms with Crippen LogP contribution in [0.15, 0.2) is 36.4 Å². The number of nitrogens with one attached hydrogen (secondary N) is 1. The zero-order chi connectivity index (χ0) is 15.2. The van der Waals surface area contributed by atoms with Gasteiger partial charge in [0.25, 0.3) is 5.91 Å². The molecule has 0 radical (unpaired) electrons. The van der Waals surface area contributed by atoms with Crippen LogP contribution in [0.5, 0.6) is 0 Å². The second-order valence-electron chi connectivity index (χ2n) is 4.27. The van der Waals surface area contributed by atoms with E-state index in [4.69, 9.17) is 16.7 Å². The Morgan fingerprint density at radius 2 is 2.19 bits per heavy atom. The number of carbonyl (C=O) groups is 1. The van der Waals surface area contributed by atoms with Crippen LogP contribution in [0.4, 0.5) is 5.69 Å². The summed E-state index contributed by atoms with van der Waals surface area (Å²) in [5.74, 6) is 4.96. The van der Waals surface area contributed by atoms with Gasteiger partial charge in [-0.2, -0.15) is 0 Å². The van der Waals surface area contributed by atoms with Crippen molar-refractivity contribution in [2.24, 2.45) is 0 Å². The highest BCUT2D eigenvalue weighted by atomic mass is 35.5. The number of aliphatic hydroxyl groups is 1. The van der Waals surface area contributed by atoms with Gasteiger partial charge in [0, 0.05) is 11.3 Å². The zero-order valence-corrected chi connectivity index (χ0v) is 12.1. The Morgan fingerprint density at radius 1 is 1.38 bits per heavy atom. The Morgan fingerprint density at radius 3 is 2.90 bits per heavy atom. The SMILES string of the molecule is Cc1cccc(C(=O)Nc2cc(C#CCO)ccc2Cl)n1. The number of aryl methyl sites for hydroxylation is 1. The fourth-order valence-electron chi connectivity index (χ4n) is 1.70. The van der Waals surface area contributed by atoms with E-state index >= 15 is 0 Å². The van der Waals surface area contributed by atoms with E-state index in [0.717, 1.165) is 5.69 Å². The van der Waals surface area contributed by atoms with Crippen LogP contribution in [0.25, 0.3) is 0 Å². The zero-order valence-electron chi connectivity index (χ0n) is 11.4. The molecule has 1 heterocycles. The van der Waals surface area contributed by atoms with Crippen molar-refractivity contribution in [2.45, 2.75) is 6.92 Å². The second-order valence-corrected chi connectivity index (χ2v) is 4.68. The molecule has 0 atom stereocenters. The number of pyridine rings is 1. The van der Waals surface area contributed by atoms with Gasteiger partial charge >= 0.3 is 0 Å². The first kappa shape index (κ1) is 15.0. The molecule has 0 unspecified atom stereocenters. The summed E-state index contributed by atoms with van der Waals surface area (Å²) in [5, 5.41) is 11.8. The highest BCUT2D eigenvalue weighted by Gasteiger charge is 2.10. The third-order valence-electron chi connectivity index (χ3n) is 2.65. The highest BCUT2D eigenvalue weighted by Crippen LogP contribution is 2.23. The van der Waals surface area contributed by atoms with E-state index in [1.54, 1.807) is 30.3 Å². The second kappa shape index (κ2) is 6.89. The summed E-state index contributed by atoms with van der Waals surface area (Å²) >= 11 is 6.06. The summed E-state index contributed by atoms with van der Waals surface area (Å²) in [6.45, 7) is 1.59. The van der Waals surface area contributed by atoms with Gasteiger partial charge in [-0.25, -0.2) is 4.98 Å². The minimum Gasteiger partial charge on any atom is -0.384 e. The third kappa shape index (κ3) is 4.06. The molecule has 2 rings (SSSR count). The summed E-state index contributed by atoms with van der Waals surface area (Å²) < 4.78 is 0. The molecular formula is C16H13ClN2O2. The van der Waals surface area contributed by atoms with E-state index in [-0.39, 0.29) is 12.5 Å². The molecule has 0 aliphatic rings. The number of carbonyl (C=O) groups excluding carboxylic acids is 1. The van der Waals surface area contributed by atoms with E-state index in [9.17, 15) is 4.79 Å². The molecule has 0 spiro atoms. The first-order valence-corrected chi connectivity index (χ1v) is 6.62. The van der Waals surface area contributed by atoms with Crippen LogP contribution < -0.4 is 5.32 Å². The first-order valence-electron chi connectivity index (χ1n) is 6.24. The molecule has 4 nitrogen and oxygen atoms in total. The fourth-order valence-corrected chi connectivity index (χ4v) is 1.86. The molecule has 0 saturated carbocycles. The van der Waals surface area contributed by atoms with Gasteiger partial charge in [-0.15, -0.1) is 0 Å². The van der Waals surface area contributed by atoms with E-state index in [0.29, 0.717) is 22.0 Å². The van der Waals surface area contributed by atoms with Crippen molar-refractivity contribution in [2.75, 3.05) is 11.9 Å². The third-order valence-corrected chi connectivity index (χ3v) is 2.98. The lowest BCUT2D eigenvalue weighted by molar-refractivity contribution is 0.102. The number of benzene rings is 1. The van der Waals surface area contributed by atoms with E-state index < -0.39 is 0 Å². The topological polar surface area (TPSA) is 62.2 Å². The molecular weight excluding hydrogens is 288 g/mol. The Bertz CT molecular complexity index is 733. The van der Waals surface area contributed by atoms with Crippen molar-refractivity contribution < 1.29 is 9.90 Å². The van der Waals surface area contributed by atoms with Gasteiger partial charge in [-0.1, -0.05) is 29.5 Å². The lowest BCUT2D eigenvalue weighted by atomic mass is 10.2. The Kier molecular flexibility index (Phi) is 4.94. The van der Waals surface area contributed by atoms with Crippen molar-refractivity contribution in [3.05, 3.63) is 58.4 Å². The normalized spacial score (nSPS) is 9.67. The average molecular weight is 301 g/mol. The van der Waals surface area contributed by atoms with Crippen LogP contribution in [0.3, 0.4) is 0 Å². The Labute approximate surface area is 127 Å². The van der Waals surface area contributed by atoms with Crippen molar-refractivity contribution in [3.63, 3.8) is 0 Å². The fraction of sp³-hybridized carbons (Fsp3) is 0.125. The van der Waals surface area contributed by atoms with Crippen LogP contribution in [-0.2, 0) is 0 Å². The summed E-state index contributed by atoms with van der Waals surface area (Å²) in [4.78, 5) is 16.3. The summed E-state index contributed by atoms with van der Waals surface area (Å²) in [5.41, 5.74) is 2.19. The maximum absolute atomic E-state index is 12.1. The van der Waals surface area contributed by atoms with Crippen LogP contribution in [0.2, 0.25) is 5.02 Å². The van der Waals surface area contributed by atoms with Crippen LogP contribution >= 0.6 is 11.6 Å². The first-order chi connectivity index (χ1) is 10.1. The van der Waals surface area contributed by atoms with E-state index in [1.165, 1.54) is 0 Å². The largest absolute Gasteiger partial charge is 0.384 e. The molecule has 0 saturated heterocycles. The van der Waals surface area contributed by atoms with Crippen LogP contribution in [0, 0.1) is 18.8 Å². The number of amides is 1. The Balaban J connectivity index is 2.24. The molecule has 0 bridgehead atoms. The molecule has 0 aliphatic carbocycles. The molecule has 1 amide bonds. The molecule has 2 N–H and O–H groups in total.